The van der Waals surface area contributed by atoms with Crippen molar-refractivity contribution in [3.8, 4) is 0 Å². The van der Waals surface area contributed by atoms with Crippen LogP contribution in [0.5, 0.6) is 0 Å². The molecular weight excluding hydrogens is 269 g/mol. The first-order valence-electron chi connectivity index (χ1n) is 6.67. The quantitative estimate of drug-likeness (QED) is 0.588. The van der Waals surface area contributed by atoms with Gasteiger partial charge in [-0.2, -0.15) is 13.2 Å². The van der Waals surface area contributed by atoms with Gasteiger partial charge in [-0.15, -0.1) is 0 Å². The molecule has 0 radical (unpaired) electrons. The molecule has 0 aliphatic rings. The standard InChI is InChI=1S/C14H21F3N2O/c1-2-7-19(13-6-3-5-12(18)10-13)8-4-9-20-11-14(15,16)17/h3,5-6,10H,2,4,7-9,11,18H2,1H3. The van der Waals surface area contributed by atoms with E-state index in [9.17, 15) is 13.2 Å². The minimum absolute atomic E-state index is 0.0992. The van der Waals surface area contributed by atoms with E-state index in [0.29, 0.717) is 18.7 Å². The van der Waals surface area contributed by atoms with Crippen LogP contribution in [0.1, 0.15) is 19.8 Å². The van der Waals surface area contributed by atoms with Crippen LogP contribution in [-0.2, 0) is 4.74 Å². The molecule has 0 spiro atoms. The van der Waals surface area contributed by atoms with Crippen LogP contribution < -0.4 is 10.6 Å². The lowest BCUT2D eigenvalue weighted by molar-refractivity contribution is -0.173. The average Bonchev–Trinajstić information content (AvgIpc) is 2.36. The van der Waals surface area contributed by atoms with Gasteiger partial charge < -0.3 is 15.4 Å². The number of anilines is 2. The van der Waals surface area contributed by atoms with Crippen molar-refractivity contribution >= 4 is 11.4 Å². The van der Waals surface area contributed by atoms with Crippen molar-refractivity contribution < 1.29 is 17.9 Å². The van der Waals surface area contributed by atoms with E-state index in [-0.39, 0.29) is 6.61 Å². The molecule has 0 heterocycles. The molecule has 2 N–H and O–H groups in total. The summed E-state index contributed by atoms with van der Waals surface area (Å²) in [6, 6.07) is 7.49. The van der Waals surface area contributed by atoms with E-state index in [1.165, 1.54) is 0 Å². The van der Waals surface area contributed by atoms with Gasteiger partial charge in [0.15, 0.2) is 0 Å². The lowest BCUT2D eigenvalue weighted by Gasteiger charge is -2.24. The number of halogens is 3. The lowest BCUT2D eigenvalue weighted by atomic mass is 10.2. The molecule has 114 valence electrons. The topological polar surface area (TPSA) is 38.5 Å². The minimum Gasteiger partial charge on any atom is -0.399 e. The van der Waals surface area contributed by atoms with Gasteiger partial charge in [0.05, 0.1) is 0 Å². The maximum absolute atomic E-state index is 11.9. The second kappa shape index (κ2) is 7.99. The van der Waals surface area contributed by atoms with Crippen LogP contribution in [-0.4, -0.2) is 32.5 Å². The monoisotopic (exact) mass is 290 g/mol. The van der Waals surface area contributed by atoms with Crippen molar-refractivity contribution in [1.29, 1.82) is 0 Å². The van der Waals surface area contributed by atoms with E-state index in [0.717, 1.165) is 18.7 Å². The Morgan fingerprint density at radius 3 is 2.60 bits per heavy atom. The Kier molecular flexibility index (Phi) is 6.64. The van der Waals surface area contributed by atoms with Gasteiger partial charge in [0, 0.05) is 31.1 Å². The summed E-state index contributed by atoms with van der Waals surface area (Å²) < 4.78 is 40.4. The normalized spacial score (nSPS) is 11.6. The molecule has 0 saturated carbocycles. The fraction of sp³-hybridized carbons (Fsp3) is 0.571. The number of nitrogens with two attached hydrogens (primary N) is 1. The van der Waals surface area contributed by atoms with Gasteiger partial charge in [-0.05, 0) is 31.0 Å². The maximum Gasteiger partial charge on any atom is 0.411 e. The van der Waals surface area contributed by atoms with Crippen LogP contribution in [0.15, 0.2) is 24.3 Å². The predicted octanol–water partition coefficient (Wildman–Crippen LogP) is 3.45. The highest BCUT2D eigenvalue weighted by Gasteiger charge is 2.27. The lowest BCUT2D eigenvalue weighted by Crippen LogP contribution is -2.27. The summed E-state index contributed by atoms with van der Waals surface area (Å²) in [6.45, 7) is 2.46. The molecule has 0 amide bonds. The molecule has 1 aromatic rings. The van der Waals surface area contributed by atoms with Gasteiger partial charge >= 0.3 is 6.18 Å². The number of hydrogen-bond donors (Lipinski definition) is 1. The summed E-state index contributed by atoms with van der Waals surface area (Å²) in [4.78, 5) is 2.10. The van der Waals surface area contributed by atoms with Crippen LogP contribution in [0.4, 0.5) is 24.5 Å². The third kappa shape index (κ3) is 6.65. The van der Waals surface area contributed by atoms with E-state index < -0.39 is 12.8 Å². The SMILES string of the molecule is CCCN(CCCOCC(F)(F)F)c1cccc(N)c1. The van der Waals surface area contributed by atoms with Crippen molar-refractivity contribution in [2.75, 3.05) is 36.9 Å². The number of nitrogen functional groups attached to an aromatic ring is 1. The first-order chi connectivity index (χ1) is 9.42. The Balaban J connectivity index is 2.40. The first-order valence-corrected chi connectivity index (χ1v) is 6.67. The molecule has 0 fully saturated rings. The zero-order valence-corrected chi connectivity index (χ0v) is 11.6. The van der Waals surface area contributed by atoms with Gasteiger partial charge in [-0.25, -0.2) is 0 Å². The highest BCUT2D eigenvalue weighted by molar-refractivity contribution is 5.55. The van der Waals surface area contributed by atoms with E-state index in [4.69, 9.17) is 5.73 Å². The summed E-state index contributed by atoms with van der Waals surface area (Å²) in [5, 5.41) is 0. The molecule has 0 aliphatic carbocycles. The molecule has 3 nitrogen and oxygen atoms in total. The molecule has 0 aliphatic heterocycles. The predicted molar refractivity (Wildman–Crippen MR) is 74.8 cm³/mol. The van der Waals surface area contributed by atoms with Gasteiger partial charge in [-0.3, -0.25) is 0 Å². The second-order valence-electron chi connectivity index (χ2n) is 4.60. The second-order valence-corrected chi connectivity index (χ2v) is 4.60. The summed E-state index contributed by atoms with van der Waals surface area (Å²) in [6.07, 6.45) is -2.75. The third-order valence-electron chi connectivity index (χ3n) is 2.71. The van der Waals surface area contributed by atoms with Crippen molar-refractivity contribution in [3.05, 3.63) is 24.3 Å². The Labute approximate surface area is 117 Å². The Hall–Kier alpha value is -1.43. The van der Waals surface area contributed by atoms with Crippen molar-refractivity contribution in [1.82, 2.24) is 0 Å². The molecule has 1 aromatic carbocycles. The molecule has 0 bridgehead atoms. The summed E-state index contributed by atoms with van der Waals surface area (Å²) in [5.41, 5.74) is 7.41. The molecule has 0 aromatic heterocycles. The molecule has 0 saturated heterocycles. The Bertz CT molecular complexity index is 396. The zero-order valence-electron chi connectivity index (χ0n) is 11.6. The van der Waals surface area contributed by atoms with Crippen LogP contribution in [0, 0.1) is 0 Å². The maximum atomic E-state index is 11.9. The molecule has 6 heteroatoms. The Morgan fingerprint density at radius 1 is 1.25 bits per heavy atom. The summed E-state index contributed by atoms with van der Waals surface area (Å²) >= 11 is 0. The van der Waals surface area contributed by atoms with Crippen LogP contribution in [0.2, 0.25) is 0 Å². The van der Waals surface area contributed by atoms with Crippen molar-refractivity contribution in [2.24, 2.45) is 0 Å². The van der Waals surface area contributed by atoms with E-state index >= 15 is 0 Å². The average molecular weight is 290 g/mol. The molecule has 0 atom stereocenters. The highest BCUT2D eigenvalue weighted by Crippen LogP contribution is 2.18. The zero-order chi connectivity index (χ0) is 15.0. The van der Waals surface area contributed by atoms with Gasteiger partial charge in [0.1, 0.15) is 6.61 Å². The number of alkyl halides is 3. The molecular formula is C14H21F3N2O. The number of nitrogens with zero attached hydrogens (tertiary/aromatic N) is 1. The third-order valence-corrected chi connectivity index (χ3v) is 2.71. The van der Waals surface area contributed by atoms with E-state index in [1.54, 1.807) is 6.07 Å². The van der Waals surface area contributed by atoms with Crippen molar-refractivity contribution in [3.63, 3.8) is 0 Å². The van der Waals surface area contributed by atoms with E-state index in [2.05, 4.69) is 16.6 Å². The van der Waals surface area contributed by atoms with E-state index in [1.807, 2.05) is 18.2 Å². The largest absolute Gasteiger partial charge is 0.411 e. The number of ether oxygens (including phenoxy) is 1. The van der Waals surface area contributed by atoms with Gasteiger partial charge in [0.2, 0.25) is 0 Å². The number of rotatable bonds is 8. The van der Waals surface area contributed by atoms with Crippen LogP contribution >= 0.6 is 0 Å². The molecule has 1 rings (SSSR count). The smallest absolute Gasteiger partial charge is 0.399 e. The van der Waals surface area contributed by atoms with Crippen LogP contribution in [0.3, 0.4) is 0 Å². The summed E-state index contributed by atoms with van der Waals surface area (Å²) in [5.74, 6) is 0. The number of benzene rings is 1. The van der Waals surface area contributed by atoms with Crippen LogP contribution in [0.25, 0.3) is 0 Å². The van der Waals surface area contributed by atoms with Gasteiger partial charge in [-0.1, -0.05) is 13.0 Å². The fourth-order valence-corrected chi connectivity index (χ4v) is 1.91. The minimum atomic E-state index is -4.25. The Morgan fingerprint density at radius 2 is 2.00 bits per heavy atom. The molecule has 20 heavy (non-hydrogen) atoms. The van der Waals surface area contributed by atoms with Gasteiger partial charge in [0.25, 0.3) is 0 Å². The first kappa shape index (κ1) is 16.6. The highest BCUT2D eigenvalue weighted by atomic mass is 19.4. The number of hydrogen-bond acceptors (Lipinski definition) is 3. The molecule has 0 unspecified atom stereocenters. The summed E-state index contributed by atoms with van der Waals surface area (Å²) in [7, 11) is 0. The van der Waals surface area contributed by atoms with Crippen molar-refractivity contribution in [2.45, 2.75) is 25.9 Å². The fourth-order valence-electron chi connectivity index (χ4n) is 1.91.